The normalized spacial score (nSPS) is 15.4. The maximum absolute atomic E-state index is 9.07. The van der Waals surface area contributed by atoms with E-state index in [2.05, 4.69) is 19.2 Å². The molecule has 0 radical (unpaired) electrons. The second-order valence-electron chi connectivity index (χ2n) is 4.34. The average molecular weight is 201 g/mol. The lowest BCUT2D eigenvalue weighted by Gasteiger charge is -2.14. The lowest BCUT2D eigenvalue weighted by molar-refractivity contribution is 0.182. The molecule has 0 amide bonds. The summed E-state index contributed by atoms with van der Waals surface area (Å²) in [5.41, 5.74) is 0. The van der Waals surface area contributed by atoms with E-state index in [0.717, 1.165) is 13.0 Å². The fraction of sp³-hybridized carbons (Fsp3) is 1.00. The lowest BCUT2D eigenvalue weighted by atomic mass is 10.1. The van der Waals surface area contributed by atoms with Crippen molar-refractivity contribution in [2.45, 2.75) is 71.4 Å². The minimum atomic E-state index is -0.171. The van der Waals surface area contributed by atoms with E-state index in [0.29, 0.717) is 6.04 Å². The molecule has 2 nitrogen and oxygen atoms in total. The molecule has 0 aromatic rings. The summed E-state index contributed by atoms with van der Waals surface area (Å²) in [6.07, 6.45) is 7.31. The molecule has 0 saturated heterocycles. The van der Waals surface area contributed by atoms with E-state index in [1.54, 1.807) is 0 Å². The van der Waals surface area contributed by atoms with E-state index in [-0.39, 0.29) is 6.10 Å². The van der Waals surface area contributed by atoms with Gasteiger partial charge in [0.2, 0.25) is 0 Å². The maximum Gasteiger partial charge on any atom is 0.0524 e. The third-order valence-corrected chi connectivity index (χ3v) is 2.55. The van der Waals surface area contributed by atoms with Crippen LogP contribution >= 0.6 is 0 Å². The molecule has 0 spiro atoms. The van der Waals surface area contributed by atoms with Gasteiger partial charge in [0.1, 0.15) is 0 Å². The zero-order chi connectivity index (χ0) is 10.8. The molecule has 2 atom stereocenters. The first-order valence-corrected chi connectivity index (χ1v) is 6.08. The van der Waals surface area contributed by atoms with Crippen LogP contribution in [-0.4, -0.2) is 23.8 Å². The largest absolute Gasteiger partial charge is 0.393 e. The van der Waals surface area contributed by atoms with Crippen LogP contribution in [0.4, 0.5) is 0 Å². The zero-order valence-corrected chi connectivity index (χ0v) is 10.1. The molecule has 0 aromatic heterocycles. The van der Waals surface area contributed by atoms with Crippen molar-refractivity contribution in [3.05, 3.63) is 0 Å². The first-order valence-electron chi connectivity index (χ1n) is 6.08. The highest BCUT2D eigenvalue weighted by atomic mass is 16.3. The van der Waals surface area contributed by atoms with Crippen molar-refractivity contribution >= 4 is 0 Å². The molecule has 2 heteroatoms. The second-order valence-corrected chi connectivity index (χ2v) is 4.34. The van der Waals surface area contributed by atoms with Crippen molar-refractivity contribution in [2.75, 3.05) is 6.54 Å². The highest BCUT2D eigenvalue weighted by Gasteiger charge is 2.01. The van der Waals surface area contributed by atoms with Gasteiger partial charge in [-0.1, -0.05) is 32.6 Å². The Bertz CT molecular complexity index is 115. The molecule has 86 valence electrons. The minimum Gasteiger partial charge on any atom is -0.393 e. The maximum atomic E-state index is 9.07. The molecular weight excluding hydrogens is 174 g/mol. The summed E-state index contributed by atoms with van der Waals surface area (Å²) in [4.78, 5) is 0. The van der Waals surface area contributed by atoms with Crippen molar-refractivity contribution in [2.24, 2.45) is 0 Å². The van der Waals surface area contributed by atoms with Gasteiger partial charge in [0.05, 0.1) is 6.10 Å². The van der Waals surface area contributed by atoms with E-state index >= 15 is 0 Å². The zero-order valence-electron chi connectivity index (χ0n) is 10.1. The molecule has 14 heavy (non-hydrogen) atoms. The quantitative estimate of drug-likeness (QED) is 0.562. The molecular formula is C12H27NO. The number of aliphatic hydroxyl groups excluding tert-OH is 1. The van der Waals surface area contributed by atoms with Gasteiger partial charge in [-0.05, 0) is 33.2 Å². The van der Waals surface area contributed by atoms with Gasteiger partial charge in [0, 0.05) is 6.04 Å². The smallest absolute Gasteiger partial charge is 0.0524 e. The van der Waals surface area contributed by atoms with Crippen molar-refractivity contribution < 1.29 is 5.11 Å². The molecule has 0 fully saturated rings. The van der Waals surface area contributed by atoms with E-state index in [1.165, 1.54) is 32.1 Å². The Hall–Kier alpha value is -0.0800. The Morgan fingerprint density at radius 1 is 1.07 bits per heavy atom. The molecule has 0 aromatic carbocycles. The fourth-order valence-corrected chi connectivity index (χ4v) is 1.52. The SMILES string of the molecule is CCCCCC[C@@H](C)NCC[C@@H](C)O. The number of unbranched alkanes of at least 4 members (excludes halogenated alkanes) is 3. The number of rotatable bonds is 9. The predicted octanol–water partition coefficient (Wildman–Crippen LogP) is 2.71. The van der Waals surface area contributed by atoms with Crippen LogP contribution < -0.4 is 5.32 Å². The third kappa shape index (κ3) is 10.0. The Labute approximate surface area is 89.1 Å². The van der Waals surface area contributed by atoms with Crippen LogP contribution in [0.3, 0.4) is 0 Å². The van der Waals surface area contributed by atoms with Crippen molar-refractivity contribution in [1.82, 2.24) is 5.32 Å². The average Bonchev–Trinajstić information content (AvgIpc) is 2.12. The highest BCUT2D eigenvalue weighted by molar-refractivity contribution is 4.61. The lowest BCUT2D eigenvalue weighted by Crippen LogP contribution is -2.28. The molecule has 0 aliphatic heterocycles. The Balaban J connectivity index is 3.15. The third-order valence-electron chi connectivity index (χ3n) is 2.55. The topological polar surface area (TPSA) is 32.3 Å². The molecule has 0 unspecified atom stereocenters. The summed E-state index contributed by atoms with van der Waals surface area (Å²) in [5.74, 6) is 0. The van der Waals surface area contributed by atoms with Crippen molar-refractivity contribution in [3.63, 3.8) is 0 Å². The number of aliphatic hydroxyl groups is 1. The number of hydrogen-bond acceptors (Lipinski definition) is 2. The first-order chi connectivity index (χ1) is 6.66. The van der Waals surface area contributed by atoms with Crippen molar-refractivity contribution in [1.29, 1.82) is 0 Å². The van der Waals surface area contributed by atoms with Crippen LogP contribution in [0.25, 0.3) is 0 Å². The van der Waals surface area contributed by atoms with Gasteiger partial charge < -0.3 is 10.4 Å². The van der Waals surface area contributed by atoms with Gasteiger partial charge in [0.15, 0.2) is 0 Å². The molecule has 0 aliphatic carbocycles. The standard InChI is InChI=1S/C12H27NO/c1-4-5-6-7-8-11(2)13-10-9-12(3)14/h11-14H,4-10H2,1-3H3/t11-,12-/m1/s1. The van der Waals surface area contributed by atoms with Crippen LogP contribution in [0.5, 0.6) is 0 Å². The summed E-state index contributed by atoms with van der Waals surface area (Å²) in [6.45, 7) is 7.25. The summed E-state index contributed by atoms with van der Waals surface area (Å²) in [5, 5.41) is 12.5. The molecule has 0 aliphatic rings. The highest BCUT2D eigenvalue weighted by Crippen LogP contribution is 2.05. The minimum absolute atomic E-state index is 0.171. The summed E-state index contributed by atoms with van der Waals surface area (Å²) in [6, 6.07) is 0.602. The summed E-state index contributed by atoms with van der Waals surface area (Å²) in [7, 11) is 0. The predicted molar refractivity (Wildman–Crippen MR) is 62.5 cm³/mol. The van der Waals surface area contributed by atoms with E-state index in [1.807, 2.05) is 6.92 Å². The summed E-state index contributed by atoms with van der Waals surface area (Å²) < 4.78 is 0. The van der Waals surface area contributed by atoms with Gasteiger partial charge in [-0.25, -0.2) is 0 Å². The Kier molecular flexibility index (Phi) is 9.42. The molecule has 0 rings (SSSR count). The van der Waals surface area contributed by atoms with Crippen LogP contribution in [0.1, 0.15) is 59.3 Å². The van der Waals surface area contributed by atoms with E-state index in [4.69, 9.17) is 5.11 Å². The first kappa shape index (κ1) is 13.9. The molecule has 0 bridgehead atoms. The molecule has 2 N–H and O–H groups in total. The van der Waals surface area contributed by atoms with Gasteiger partial charge in [-0.3, -0.25) is 0 Å². The van der Waals surface area contributed by atoms with Crippen LogP contribution in [0.15, 0.2) is 0 Å². The molecule has 0 heterocycles. The van der Waals surface area contributed by atoms with E-state index < -0.39 is 0 Å². The van der Waals surface area contributed by atoms with Crippen LogP contribution in [-0.2, 0) is 0 Å². The van der Waals surface area contributed by atoms with E-state index in [9.17, 15) is 0 Å². The van der Waals surface area contributed by atoms with Crippen molar-refractivity contribution in [3.8, 4) is 0 Å². The van der Waals surface area contributed by atoms with Crippen LogP contribution in [0, 0.1) is 0 Å². The Morgan fingerprint density at radius 3 is 2.36 bits per heavy atom. The second kappa shape index (κ2) is 9.47. The van der Waals surface area contributed by atoms with Gasteiger partial charge >= 0.3 is 0 Å². The number of hydrogen-bond donors (Lipinski definition) is 2. The fourth-order valence-electron chi connectivity index (χ4n) is 1.52. The number of nitrogens with one attached hydrogen (secondary N) is 1. The molecule has 0 saturated carbocycles. The van der Waals surface area contributed by atoms with Gasteiger partial charge in [-0.2, -0.15) is 0 Å². The van der Waals surface area contributed by atoms with Crippen LogP contribution in [0.2, 0.25) is 0 Å². The Morgan fingerprint density at radius 2 is 1.79 bits per heavy atom. The summed E-state index contributed by atoms with van der Waals surface area (Å²) >= 11 is 0. The van der Waals surface area contributed by atoms with Gasteiger partial charge in [0.25, 0.3) is 0 Å². The monoisotopic (exact) mass is 201 g/mol. The van der Waals surface area contributed by atoms with Gasteiger partial charge in [-0.15, -0.1) is 0 Å².